The smallest absolute Gasteiger partial charge is 0.245 e. The molecule has 1 N–H and O–H groups in total. The molecule has 0 radical (unpaired) electrons. The zero-order valence-corrected chi connectivity index (χ0v) is 14.0. The molecule has 0 aromatic carbocycles. The fraction of sp³-hybridized carbons (Fsp3) is 0.538. The Morgan fingerprint density at radius 3 is 2.95 bits per heavy atom. The molecule has 0 aliphatic carbocycles. The minimum Gasteiger partial charge on any atom is -0.335 e. The van der Waals surface area contributed by atoms with E-state index in [-0.39, 0.29) is 16.0 Å². The second-order valence-electron chi connectivity index (χ2n) is 5.58. The van der Waals surface area contributed by atoms with Crippen molar-refractivity contribution in [2.45, 2.75) is 31.2 Å². The molecule has 120 valence electrons. The Morgan fingerprint density at radius 2 is 2.27 bits per heavy atom. The number of hydrogen-bond donors (Lipinski definition) is 1. The summed E-state index contributed by atoms with van der Waals surface area (Å²) in [5.41, 5.74) is 0.402. The molecule has 2 aromatic rings. The summed E-state index contributed by atoms with van der Waals surface area (Å²) in [5, 5.41) is 4.18. The molecule has 0 fully saturated rings. The first-order valence-electron chi connectivity index (χ1n) is 7.07. The van der Waals surface area contributed by atoms with Crippen LogP contribution in [0.4, 0.5) is 0 Å². The minimum absolute atomic E-state index is 0.0639. The highest BCUT2D eigenvalue weighted by molar-refractivity contribution is 7.89. The second kappa shape index (κ2) is 5.68. The molecule has 1 aliphatic heterocycles. The maximum absolute atomic E-state index is 12.5. The average molecular weight is 344 g/mol. The van der Waals surface area contributed by atoms with Crippen LogP contribution in [0.1, 0.15) is 17.9 Å². The lowest BCUT2D eigenvalue weighted by Gasteiger charge is -2.23. The van der Waals surface area contributed by atoms with Gasteiger partial charge in [-0.3, -0.25) is 4.68 Å². The van der Waals surface area contributed by atoms with Crippen LogP contribution in [0.25, 0.3) is 0 Å². The van der Waals surface area contributed by atoms with Crippen molar-refractivity contribution in [2.75, 3.05) is 6.54 Å². The van der Waals surface area contributed by atoms with Gasteiger partial charge in [0.15, 0.2) is 0 Å². The molecule has 1 aliphatic rings. The number of hydrogen-bond acceptors (Lipinski definition) is 4. The molecule has 3 heterocycles. The summed E-state index contributed by atoms with van der Waals surface area (Å²) in [6, 6.07) is 0. The van der Waals surface area contributed by atoms with Gasteiger partial charge in [0.2, 0.25) is 10.0 Å². The Balaban J connectivity index is 1.71. The van der Waals surface area contributed by atoms with Gasteiger partial charge in [-0.1, -0.05) is 11.6 Å². The molecule has 3 rings (SSSR count). The van der Waals surface area contributed by atoms with Gasteiger partial charge in [0.1, 0.15) is 15.9 Å². The van der Waals surface area contributed by atoms with E-state index in [1.165, 1.54) is 4.68 Å². The van der Waals surface area contributed by atoms with Crippen LogP contribution in [0.15, 0.2) is 17.3 Å². The summed E-state index contributed by atoms with van der Waals surface area (Å²) >= 11 is 6.04. The fourth-order valence-corrected chi connectivity index (χ4v) is 4.67. The van der Waals surface area contributed by atoms with Crippen LogP contribution in [0.3, 0.4) is 0 Å². The fourth-order valence-electron chi connectivity index (χ4n) is 2.81. The molecule has 9 heteroatoms. The van der Waals surface area contributed by atoms with Crippen molar-refractivity contribution in [1.82, 2.24) is 24.1 Å². The number of aromatic nitrogens is 4. The predicted molar refractivity (Wildman–Crippen MR) is 82.2 cm³/mol. The van der Waals surface area contributed by atoms with Crippen LogP contribution >= 0.6 is 11.6 Å². The molecule has 0 saturated carbocycles. The first-order valence-corrected chi connectivity index (χ1v) is 8.93. The third kappa shape index (κ3) is 2.78. The summed E-state index contributed by atoms with van der Waals surface area (Å²) in [6.07, 6.45) is 5.43. The van der Waals surface area contributed by atoms with Gasteiger partial charge < -0.3 is 4.57 Å². The zero-order valence-electron chi connectivity index (χ0n) is 12.5. The number of fused-ring (bicyclic) bond motifs is 1. The number of rotatable bonds is 4. The predicted octanol–water partition coefficient (Wildman–Crippen LogP) is 1.12. The van der Waals surface area contributed by atoms with Crippen molar-refractivity contribution >= 4 is 21.6 Å². The Morgan fingerprint density at radius 1 is 1.50 bits per heavy atom. The van der Waals surface area contributed by atoms with E-state index in [1.807, 2.05) is 6.20 Å². The van der Waals surface area contributed by atoms with Gasteiger partial charge in [0.25, 0.3) is 0 Å². The van der Waals surface area contributed by atoms with E-state index in [1.54, 1.807) is 20.2 Å². The summed E-state index contributed by atoms with van der Waals surface area (Å²) < 4.78 is 31.0. The summed E-state index contributed by atoms with van der Waals surface area (Å²) in [6.45, 7) is 2.88. The SMILES string of the molecule is Cc1nn(C)c(Cl)c1S(=O)(=O)NC[C@@H]1CCn2ccnc2C1. The number of nitrogens with one attached hydrogen (secondary N) is 1. The van der Waals surface area contributed by atoms with Crippen LogP contribution < -0.4 is 4.72 Å². The first-order chi connectivity index (χ1) is 10.4. The molecule has 22 heavy (non-hydrogen) atoms. The van der Waals surface area contributed by atoms with Crippen molar-refractivity contribution in [2.24, 2.45) is 13.0 Å². The molecule has 0 saturated heterocycles. The Kier molecular flexibility index (Phi) is 4.00. The lowest BCUT2D eigenvalue weighted by Crippen LogP contribution is -2.33. The average Bonchev–Trinajstić information content (AvgIpc) is 3.01. The van der Waals surface area contributed by atoms with Crippen molar-refractivity contribution < 1.29 is 8.42 Å². The lowest BCUT2D eigenvalue weighted by atomic mass is 9.98. The van der Waals surface area contributed by atoms with Crippen molar-refractivity contribution in [3.63, 3.8) is 0 Å². The van der Waals surface area contributed by atoms with Gasteiger partial charge in [-0.05, 0) is 19.3 Å². The molecule has 0 unspecified atom stereocenters. The van der Waals surface area contributed by atoms with Crippen LogP contribution in [0.5, 0.6) is 0 Å². The number of sulfonamides is 1. The van der Waals surface area contributed by atoms with E-state index in [4.69, 9.17) is 11.6 Å². The zero-order chi connectivity index (χ0) is 15.9. The van der Waals surface area contributed by atoms with E-state index < -0.39 is 10.0 Å². The lowest BCUT2D eigenvalue weighted by molar-refractivity contribution is 0.379. The maximum Gasteiger partial charge on any atom is 0.245 e. The maximum atomic E-state index is 12.5. The number of halogens is 1. The van der Waals surface area contributed by atoms with Gasteiger partial charge in [0.05, 0.1) is 5.69 Å². The molecule has 2 aromatic heterocycles. The van der Waals surface area contributed by atoms with Crippen LogP contribution in [0, 0.1) is 12.8 Å². The number of aryl methyl sites for hydroxylation is 3. The normalized spacial score (nSPS) is 18.4. The minimum atomic E-state index is -3.66. The van der Waals surface area contributed by atoms with Gasteiger partial charge in [-0.2, -0.15) is 5.10 Å². The van der Waals surface area contributed by atoms with Crippen molar-refractivity contribution in [3.05, 3.63) is 29.1 Å². The highest BCUT2D eigenvalue weighted by atomic mass is 35.5. The van der Waals surface area contributed by atoms with Gasteiger partial charge in [-0.25, -0.2) is 18.1 Å². The van der Waals surface area contributed by atoms with E-state index >= 15 is 0 Å². The van der Waals surface area contributed by atoms with E-state index in [0.717, 1.165) is 25.2 Å². The molecular formula is C13H18ClN5O2S. The third-order valence-corrected chi connectivity index (χ3v) is 6.10. The third-order valence-electron chi connectivity index (χ3n) is 3.98. The molecule has 0 amide bonds. The summed E-state index contributed by atoms with van der Waals surface area (Å²) in [4.78, 5) is 4.36. The standard InChI is InChI=1S/C13H18ClN5O2S/c1-9-12(13(14)18(2)17-9)22(20,21)16-8-10-3-5-19-6-4-15-11(19)7-10/h4,6,10,16H,3,5,7-8H2,1-2H3/t10-/m1/s1. The largest absolute Gasteiger partial charge is 0.335 e. The van der Waals surface area contributed by atoms with Crippen LogP contribution in [0.2, 0.25) is 5.15 Å². The van der Waals surface area contributed by atoms with Crippen molar-refractivity contribution in [1.29, 1.82) is 0 Å². The Labute approximate surface area is 134 Å². The van der Waals surface area contributed by atoms with Crippen molar-refractivity contribution in [3.8, 4) is 0 Å². The second-order valence-corrected chi connectivity index (χ2v) is 7.64. The number of nitrogens with zero attached hydrogens (tertiary/aromatic N) is 4. The Bertz CT molecular complexity index is 795. The number of imidazole rings is 1. The molecule has 0 bridgehead atoms. The van der Waals surface area contributed by atoms with Gasteiger partial charge in [-0.15, -0.1) is 0 Å². The first kappa shape index (κ1) is 15.5. The van der Waals surface area contributed by atoms with Gasteiger partial charge in [0, 0.05) is 39.0 Å². The van der Waals surface area contributed by atoms with Crippen LogP contribution in [-0.2, 0) is 30.0 Å². The molecule has 1 atom stereocenters. The van der Waals surface area contributed by atoms with E-state index in [9.17, 15) is 8.42 Å². The van der Waals surface area contributed by atoms with Gasteiger partial charge >= 0.3 is 0 Å². The Hall–Kier alpha value is -1.38. The molecular weight excluding hydrogens is 326 g/mol. The van der Waals surface area contributed by atoms with Crippen LogP contribution in [-0.4, -0.2) is 34.3 Å². The topological polar surface area (TPSA) is 81.8 Å². The highest BCUT2D eigenvalue weighted by Crippen LogP contribution is 2.25. The van der Waals surface area contributed by atoms with E-state index in [2.05, 4.69) is 19.4 Å². The highest BCUT2D eigenvalue weighted by Gasteiger charge is 2.27. The van der Waals surface area contributed by atoms with E-state index in [0.29, 0.717) is 12.2 Å². The summed E-state index contributed by atoms with van der Waals surface area (Å²) in [5.74, 6) is 1.24. The quantitative estimate of drug-likeness (QED) is 0.901. The summed E-state index contributed by atoms with van der Waals surface area (Å²) in [7, 11) is -2.04. The molecule has 7 nitrogen and oxygen atoms in total. The molecule has 0 spiro atoms. The monoisotopic (exact) mass is 343 g/mol.